The molecule has 0 aliphatic carbocycles. The fraction of sp³-hybridized carbons (Fsp3) is 0.143. The molecule has 0 unspecified atom stereocenters. The van der Waals surface area contributed by atoms with Crippen molar-refractivity contribution in [1.82, 2.24) is 4.98 Å². The molecule has 0 aliphatic heterocycles. The Morgan fingerprint density at radius 3 is 2.53 bits per heavy atom. The highest BCUT2D eigenvalue weighted by molar-refractivity contribution is 7.80. The summed E-state index contributed by atoms with van der Waals surface area (Å²) in [6.45, 7) is 1.90. The van der Waals surface area contributed by atoms with Gasteiger partial charge in [0.25, 0.3) is 0 Å². The molecule has 1 aromatic carbocycles. The number of benzene rings is 1. The molecule has 98 valence electrons. The van der Waals surface area contributed by atoms with E-state index in [0.717, 1.165) is 22.7 Å². The number of ether oxygens (including phenoxy) is 1. The van der Waals surface area contributed by atoms with Gasteiger partial charge in [-0.05, 0) is 43.3 Å². The minimum absolute atomic E-state index is 0.364. The zero-order valence-corrected chi connectivity index (χ0v) is 11.6. The molecule has 2 aromatic rings. The van der Waals surface area contributed by atoms with Crippen molar-refractivity contribution in [2.45, 2.75) is 6.92 Å². The maximum Gasteiger partial charge on any atom is 0.131 e. The Kier molecular flexibility index (Phi) is 3.97. The maximum atomic E-state index is 5.64. The van der Waals surface area contributed by atoms with Crippen LogP contribution in [0.2, 0.25) is 0 Å². The van der Waals surface area contributed by atoms with Gasteiger partial charge in [-0.25, -0.2) is 4.98 Å². The molecular formula is C14H15N3OS. The summed E-state index contributed by atoms with van der Waals surface area (Å²) in [4.78, 5) is 4.76. The number of aryl methyl sites for hydroxylation is 1. The number of nitrogens with zero attached hydrogens (tertiary/aromatic N) is 1. The van der Waals surface area contributed by atoms with Crippen LogP contribution >= 0.6 is 12.2 Å². The minimum Gasteiger partial charge on any atom is -0.497 e. The Morgan fingerprint density at radius 2 is 1.95 bits per heavy atom. The van der Waals surface area contributed by atoms with E-state index in [1.807, 2.05) is 43.3 Å². The molecule has 0 radical (unpaired) electrons. The largest absolute Gasteiger partial charge is 0.497 e. The number of thiocarbonyl (C=S) groups is 1. The van der Waals surface area contributed by atoms with Gasteiger partial charge in [0.2, 0.25) is 0 Å². The van der Waals surface area contributed by atoms with Gasteiger partial charge in [-0.1, -0.05) is 12.2 Å². The van der Waals surface area contributed by atoms with Crippen molar-refractivity contribution in [3.05, 3.63) is 47.7 Å². The summed E-state index contributed by atoms with van der Waals surface area (Å²) >= 11 is 4.98. The molecule has 0 spiro atoms. The summed E-state index contributed by atoms with van der Waals surface area (Å²) in [5.41, 5.74) is 8.23. The summed E-state index contributed by atoms with van der Waals surface area (Å²) in [5, 5.41) is 3.21. The number of methoxy groups -OCH3 is 1. The molecule has 3 N–H and O–H groups in total. The zero-order valence-electron chi connectivity index (χ0n) is 10.8. The van der Waals surface area contributed by atoms with Gasteiger partial charge in [0.1, 0.15) is 16.6 Å². The van der Waals surface area contributed by atoms with Crippen molar-refractivity contribution < 1.29 is 4.74 Å². The van der Waals surface area contributed by atoms with E-state index in [1.165, 1.54) is 0 Å². The van der Waals surface area contributed by atoms with E-state index < -0.39 is 0 Å². The van der Waals surface area contributed by atoms with Crippen LogP contribution in [0.5, 0.6) is 5.75 Å². The predicted octanol–water partition coefficient (Wildman–Crippen LogP) is 2.78. The van der Waals surface area contributed by atoms with Gasteiger partial charge in [-0.2, -0.15) is 0 Å². The Morgan fingerprint density at radius 1 is 1.26 bits per heavy atom. The molecule has 0 atom stereocenters. The van der Waals surface area contributed by atoms with E-state index in [-0.39, 0.29) is 0 Å². The molecular weight excluding hydrogens is 258 g/mol. The van der Waals surface area contributed by atoms with Gasteiger partial charge in [0.05, 0.1) is 7.11 Å². The normalized spacial score (nSPS) is 10.0. The number of rotatable bonds is 4. The number of nitrogens with two attached hydrogens (primary N) is 1. The molecule has 1 aromatic heterocycles. The Bertz CT molecular complexity index is 596. The van der Waals surface area contributed by atoms with E-state index in [0.29, 0.717) is 10.8 Å². The average Bonchev–Trinajstić information content (AvgIpc) is 2.39. The second-order valence-electron chi connectivity index (χ2n) is 4.10. The molecule has 0 saturated heterocycles. The lowest BCUT2D eigenvalue weighted by Crippen LogP contribution is -2.10. The smallest absolute Gasteiger partial charge is 0.131 e. The van der Waals surface area contributed by atoms with Crippen LogP contribution in [0.1, 0.15) is 11.3 Å². The summed E-state index contributed by atoms with van der Waals surface area (Å²) in [7, 11) is 1.64. The molecule has 0 amide bonds. The highest BCUT2D eigenvalue weighted by Crippen LogP contribution is 2.19. The summed E-state index contributed by atoms with van der Waals surface area (Å²) in [6.07, 6.45) is 0. The van der Waals surface area contributed by atoms with E-state index in [9.17, 15) is 0 Å². The maximum absolute atomic E-state index is 5.64. The van der Waals surface area contributed by atoms with Crippen LogP contribution in [0.3, 0.4) is 0 Å². The van der Waals surface area contributed by atoms with Crippen molar-refractivity contribution in [3.8, 4) is 5.75 Å². The van der Waals surface area contributed by atoms with E-state index >= 15 is 0 Å². The molecule has 4 nitrogen and oxygen atoms in total. The SMILES string of the molecule is COc1ccc(Nc2cc(C(N)=S)cc(C)n2)cc1. The molecule has 19 heavy (non-hydrogen) atoms. The van der Waals surface area contributed by atoms with Crippen LogP contribution in [0.15, 0.2) is 36.4 Å². The third kappa shape index (κ3) is 3.42. The van der Waals surface area contributed by atoms with Crippen LogP contribution in [0.25, 0.3) is 0 Å². The zero-order chi connectivity index (χ0) is 13.8. The van der Waals surface area contributed by atoms with Gasteiger partial charge in [0.15, 0.2) is 0 Å². The highest BCUT2D eigenvalue weighted by Gasteiger charge is 2.03. The van der Waals surface area contributed by atoms with Crippen LogP contribution in [-0.4, -0.2) is 17.1 Å². The van der Waals surface area contributed by atoms with Gasteiger partial charge < -0.3 is 15.8 Å². The molecule has 1 heterocycles. The standard InChI is InChI=1S/C14H15N3OS/c1-9-7-10(14(15)19)8-13(16-9)17-11-3-5-12(18-2)6-4-11/h3-8H,1-2H3,(H2,15,19)(H,16,17). The lowest BCUT2D eigenvalue weighted by molar-refractivity contribution is 0.415. The van der Waals surface area contributed by atoms with Crippen molar-refractivity contribution in [3.63, 3.8) is 0 Å². The first kappa shape index (κ1) is 13.3. The molecule has 5 heteroatoms. The van der Waals surface area contributed by atoms with Crippen LogP contribution in [-0.2, 0) is 0 Å². The van der Waals surface area contributed by atoms with Crippen molar-refractivity contribution in [1.29, 1.82) is 0 Å². The van der Waals surface area contributed by atoms with Crippen LogP contribution in [0.4, 0.5) is 11.5 Å². The number of nitrogens with one attached hydrogen (secondary N) is 1. The first-order valence-corrected chi connectivity index (χ1v) is 6.19. The first-order valence-electron chi connectivity index (χ1n) is 5.78. The summed E-state index contributed by atoms with van der Waals surface area (Å²) in [5.74, 6) is 1.53. The quantitative estimate of drug-likeness (QED) is 0.839. The van der Waals surface area contributed by atoms with Crippen molar-refractivity contribution in [2.24, 2.45) is 5.73 Å². The Labute approximate surface area is 117 Å². The fourth-order valence-electron chi connectivity index (χ4n) is 1.70. The summed E-state index contributed by atoms with van der Waals surface area (Å²) in [6, 6.07) is 11.3. The molecule has 0 saturated carbocycles. The van der Waals surface area contributed by atoms with E-state index in [2.05, 4.69) is 10.3 Å². The third-order valence-corrected chi connectivity index (χ3v) is 2.84. The summed E-state index contributed by atoms with van der Waals surface area (Å²) < 4.78 is 5.11. The van der Waals surface area contributed by atoms with Gasteiger partial charge >= 0.3 is 0 Å². The number of pyridine rings is 1. The third-order valence-electron chi connectivity index (χ3n) is 2.60. The minimum atomic E-state index is 0.364. The molecule has 0 bridgehead atoms. The molecule has 2 rings (SSSR count). The number of hydrogen-bond acceptors (Lipinski definition) is 4. The van der Waals surface area contributed by atoms with Gasteiger partial charge in [0, 0.05) is 16.9 Å². The highest BCUT2D eigenvalue weighted by atomic mass is 32.1. The molecule has 0 fully saturated rings. The predicted molar refractivity (Wildman–Crippen MR) is 81.1 cm³/mol. The van der Waals surface area contributed by atoms with Crippen LogP contribution in [0, 0.1) is 6.92 Å². The number of aromatic nitrogens is 1. The van der Waals surface area contributed by atoms with Crippen LogP contribution < -0.4 is 15.8 Å². The van der Waals surface area contributed by atoms with E-state index in [4.69, 9.17) is 22.7 Å². The monoisotopic (exact) mass is 273 g/mol. The van der Waals surface area contributed by atoms with Gasteiger partial charge in [-0.15, -0.1) is 0 Å². The first-order chi connectivity index (χ1) is 9.08. The topological polar surface area (TPSA) is 60.2 Å². The number of hydrogen-bond donors (Lipinski definition) is 2. The van der Waals surface area contributed by atoms with Crippen molar-refractivity contribution >= 4 is 28.7 Å². The Hall–Kier alpha value is -2.14. The molecule has 0 aliphatic rings. The van der Waals surface area contributed by atoms with E-state index in [1.54, 1.807) is 7.11 Å². The lowest BCUT2D eigenvalue weighted by Gasteiger charge is -2.09. The lowest BCUT2D eigenvalue weighted by atomic mass is 10.2. The second-order valence-corrected chi connectivity index (χ2v) is 4.54. The number of anilines is 2. The Balaban J connectivity index is 2.24. The second kappa shape index (κ2) is 5.67. The van der Waals surface area contributed by atoms with Gasteiger partial charge in [-0.3, -0.25) is 0 Å². The fourth-order valence-corrected chi connectivity index (χ4v) is 1.81. The van der Waals surface area contributed by atoms with Crippen molar-refractivity contribution in [2.75, 3.05) is 12.4 Å². The average molecular weight is 273 g/mol.